The molecule has 1 saturated heterocycles. The Labute approximate surface area is 265 Å². The predicted octanol–water partition coefficient (Wildman–Crippen LogP) is 5.21. The number of ether oxygens (including phenoxy) is 1. The van der Waals surface area contributed by atoms with Gasteiger partial charge in [-0.2, -0.15) is 9.97 Å². The molecule has 0 unspecified atom stereocenters. The van der Waals surface area contributed by atoms with Crippen molar-refractivity contribution in [2.24, 2.45) is 0 Å². The summed E-state index contributed by atoms with van der Waals surface area (Å²) in [7, 11) is -1.95. The Morgan fingerprint density at radius 3 is 2.54 bits per heavy atom. The molecule has 1 fully saturated rings. The first-order chi connectivity index (χ1) is 22.1. The molecule has 0 atom stereocenters. The molecule has 46 heavy (non-hydrogen) atoms. The summed E-state index contributed by atoms with van der Waals surface area (Å²) in [6, 6.07) is 19.8. The number of halogens is 1. The number of carbonyl (C=O) groups excluding carboxylic acids is 1. The molecule has 0 saturated carbocycles. The average Bonchev–Trinajstić information content (AvgIpc) is 3.50. The van der Waals surface area contributed by atoms with Gasteiger partial charge in [0.1, 0.15) is 17.2 Å². The van der Waals surface area contributed by atoms with Crippen LogP contribution in [-0.4, -0.2) is 67.4 Å². The monoisotopic (exact) mass is 641 g/mol. The second-order valence-electron chi connectivity index (χ2n) is 11.0. The van der Waals surface area contributed by atoms with Gasteiger partial charge in [0.25, 0.3) is 15.9 Å². The lowest BCUT2D eigenvalue weighted by Crippen LogP contribution is -2.44. The SMILES string of the molecule is Cc1ccc(S(=O)(=O)NC(=O)C=Cc2cccc(Oc3nc(Nc4ccc(N5CCN(C)CC5)c(F)c4)nc4[nH]ccc34)c2)cc1. The van der Waals surface area contributed by atoms with Crippen molar-refractivity contribution in [2.75, 3.05) is 43.4 Å². The number of H-pyrrole nitrogens is 1. The van der Waals surface area contributed by atoms with Crippen molar-refractivity contribution in [3.8, 4) is 11.6 Å². The molecule has 3 N–H and O–H groups in total. The largest absolute Gasteiger partial charge is 0.438 e. The number of likely N-dealkylation sites (N-methyl/N-ethyl adjacent to an activating group) is 1. The van der Waals surface area contributed by atoms with Crippen LogP contribution < -0.4 is 19.7 Å². The van der Waals surface area contributed by atoms with Crippen LogP contribution in [-0.2, 0) is 14.8 Å². The van der Waals surface area contributed by atoms with Crippen LogP contribution in [0.5, 0.6) is 11.6 Å². The summed E-state index contributed by atoms with van der Waals surface area (Å²) in [6.45, 7) is 5.11. The maximum Gasteiger partial charge on any atom is 0.264 e. The van der Waals surface area contributed by atoms with Gasteiger partial charge >= 0.3 is 0 Å². The topological polar surface area (TPSA) is 133 Å². The van der Waals surface area contributed by atoms with E-state index in [-0.39, 0.29) is 22.5 Å². The summed E-state index contributed by atoms with van der Waals surface area (Å²) in [5.41, 5.74) is 3.06. The Hall–Kier alpha value is -5.27. The zero-order valence-corrected chi connectivity index (χ0v) is 26.0. The molecule has 1 aliphatic rings. The van der Waals surface area contributed by atoms with Crippen LogP contribution in [0.2, 0.25) is 0 Å². The minimum atomic E-state index is -4.01. The number of hydrogen-bond acceptors (Lipinski definition) is 9. The number of aromatic amines is 1. The minimum Gasteiger partial charge on any atom is -0.438 e. The number of rotatable bonds is 9. The van der Waals surface area contributed by atoms with Crippen LogP contribution in [0.1, 0.15) is 11.1 Å². The smallest absolute Gasteiger partial charge is 0.264 e. The first-order valence-corrected chi connectivity index (χ1v) is 16.1. The molecule has 0 radical (unpaired) electrons. The van der Waals surface area contributed by atoms with Crippen molar-refractivity contribution in [1.82, 2.24) is 24.6 Å². The summed E-state index contributed by atoms with van der Waals surface area (Å²) in [4.78, 5) is 28.8. The van der Waals surface area contributed by atoms with Crippen LogP contribution in [0.15, 0.2) is 90.0 Å². The minimum absolute atomic E-state index is 0.00201. The Bertz CT molecular complexity index is 2020. The summed E-state index contributed by atoms with van der Waals surface area (Å²) < 4.78 is 48.3. The first kappa shape index (κ1) is 30.7. The van der Waals surface area contributed by atoms with Crippen molar-refractivity contribution in [1.29, 1.82) is 0 Å². The predicted molar refractivity (Wildman–Crippen MR) is 175 cm³/mol. The number of anilines is 3. The van der Waals surface area contributed by atoms with E-state index in [2.05, 4.69) is 32.2 Å². The van der Waals surface area contributed by atoms with Crippen molar-refractivity contribution < 1.29 is 22.3 Å². The van der Waals surface area contributed by atoms with Gasteiger partial charge in [0.05, 0.1) is 16.0 Å². The Kier molecular flexibility index (Phi) is 8.68. The molecule has 0 bridgehead atoms. The van der Waals surface area contributed by atoms with E-state index in [4.69, 9.17) is 4.74 Å². The molecule has 0 aliphatic carbocycles. The number of benzene rings is 3. The van der Waals surface area contributed by atoms with E-state index in [1.807, 2.05) is 16.5 Å². The van der Waals surface area contributed by atoms with E-state index in [0.717, 1.165) is 37.8 Å². The molecule has 13 heteroatoms. The van der Waals surface area contributed by atoms with E-state index < -0.39 is 15.9 Å². The number of hydrogen-bond donors (Lipinski definition) is 3. The second kappa shape index (κ2) is 13.0. The van der Waals surface area contributed by atoms with Crippen LogP contribution in [0.25, 0.3) is 17.1 Å². The van der Waals surface area contributed by atoms with Crippen molar-refractivity contribution in [3.05, 3.63) is 102 Å². The lowest BCUT2D eigenvalue weighted by atomic mass is 10.2. The number of fused-ring (bicyclic) bond motifs is 1. The molecule has 6 rings (SSSR count). The quantitative estimate of drug-likeness (QED) is 0.186. The number of aryl methyl sites for hydroxylation is 1. The number of sulfonamides is 1. The average molecular weight is 642 g/mol. The third-order valence-electron chi connectivity index (χ3n) is 7.49. The third-order valence-corrected chi connectivity index (χ3v) is 8.86. The molecule has 5 aromatic rings. The first-order valence-electron chi connectivity index (χ1n) is 14.6. The molecular weight excluding hydrogens is 609 g/mol. The summed E-state index contributed by atoms with van der Waals surface area (Å²) in [5, 5.41) is 3.70. The molecule has 11 nitrogen and oxygen atoms in total. The van der Waals surface area contributed by atoms with Crippen LogP contribution in [0, 0.1) is 12.7 Å². The zero-order valence-electron chi connectivity index (χ0n) is 25.2. The van der Waals surface area contributed by atoms with Crippen LogP contribution in [0.3, 0.4) is 0 Å². The fourth-order valence-corrected chi connectivity index (χ4v) is 5.92. The van der Waals surface area contributed by atoms with E-state index in [1.165, 1.54) is 24.3 Å². The van der Waals surface area contributed by atoms with E-state index in [9.17, 15) is 13.2 Å². The third kappa shape index (κ3) is 7.16. The molecule has 236 valence electrons. The number of nitrogens with zero attached hydrogens (tertiary/aromatic N) is 4. The van der Waals surface area contributed by atoms with Gasteiger partial charge in [-0.3, -0.25) is 4.79 Å². The lowest BCUT2D eigenvalue weighted by Gasteiger charge is -2.34. The Morgan fingerprint density at radius 2 is 1.78 bits per heavy atom. The van der Waals surface area contributed by atoms with Gasteiger partial charge in [-0.1, -0.05) is 29.8 Å². The van der Waals surface area contributed by atoms with Gasteiger partial charge < -0.3 is 24.8 Å². The van der Waals surface area contributed by atoms with Gasteiger partial charge in [0.2, 0.25) is 11.8 Å². The van der Waals surface area contributed by atoms with Crippen molar-refractivity contribution >= 4 is 50.4 Å². The van der Waals surface area contributed by atoms with Gasteiger partial charge in [0, 0.05) is 44.1 Å². The molecule has 1 amide bonds. The zero-order chi connectivity index (χ0) is 32.3. The molecule has 3 aromatic carbocycles. The van der Waals surface area contributed by atoms with E-state index in [0.29, 0.717) is 33.7 Å². The van der Waals surface area contributed by atoms with Gasteiger partial charge in [-0.15, -0.1) is 0 Å². The highest BCUT2D eigenvalue weighted by molar-refractivity contribution is 7.90. The Morgan fingerprint density at radius 1 is 1.00 bits per heavy atom. The highest BCUT2D eigenvalue weighted by Gasteiger charge is 2.19. The molecule has 3 heterocycles. The number of carbonyl (C=O) groups is 1. The fraction of sp³-hybridized carbons (Fsp3) is 0.182. The standard InChI is InChI=1S/C33H32FN7O4S/c1-22-6-10-26(11-7-22)46(43,44)39-30(42)13-8-23-4-3-5-25(20-23)45-32-27-14-15-35-31(27)37-33(38-32)36-24-9-12-29(28(34)21-24)41-18-16-40(2)17-19-41/h3-15,20-21H,16-19H2,1-2H3,(H,39,42)(H2,35,36,37,38). The highest BCUT2D eigenvalue weighted by Crippen LogP contribution is 2.31. The summed E-state index contributed by atoms with van der Waals surface area (Å²) in [6.07, 6.45) is 4.32. The van der Waals surface area contributed by atoms with Gasteiger partial charge in [-0.05, 0) is 74.1 Å². The fourth-order valence-electron chi connectivity index (χ4n) is 4.97. The number of nitrogens with one attached hydrogen (secondary N) is 3. The van der Waals surface area contributed by atoms with Crippen molar-refractivity contribution in [2.45, 2.75) is 11.8 Å². The van der Waals surface area contributed by atoms with Crippen LogP contribution in [0.4, 0.5) is 21.7 Å². The van der Waals surface area contributed by atoms with Gasteiger partial charge in [0.15, 0.2) is 0 Å². The Balaban J connectivity index is 1.16. The number of amides is 1. The molecule has 0 spiro atoms. The van der Waals surface area contributed by atoms with Gasteiger partial charge in [-0.25, -0.2) is 17.5 Å². The van der Waals surface area contributed by atoms with Crippen LogP contribution >= 0.6 is 0 Å². The summed E-state index contributed by atoms with van der Waals surface area (Å²) >= 11 is 0. The second-order valence-corrected chi connectivity index (χ2v) is 12.6. The normalized spacial score (nSPS) is 14.1. The van der Waals surface area contributed by atoms with E-state index >= 15 is 4.39 Å². The number of aromatic nitrogens is 3. The summed E-state index contributed by atoms with van der Waals surface area (Å²) in [5.74, 6) is -0.242. The maximum absolute atomic E-state index is 15.1. The highest BCUT2D eigenvalue weighted by atomic mass is 32.2. The molecular formula is C33H32FN7O4S. The number of piperazine rings is 1. The molecule has 1 aliphatic heterocycles. The van der Waals surface area contributed by atoms with Crippen molar-refractivity contribution in [3.63, 3.8) is 0 Å². The lowest BCUT2D eigenvalue weighted by molar-refractivity contribution is -0.114. The molecule has 2 aromatic heterocycles. The van der Waals surface area contributed by atoms with E-state index in [1.54, 1.807) is 60.8 Å². The maximum atomic E-state index is 15.1.